The summed E-state index contributed by atoms with van der Waals surface area (Å²) < 4.78 is 12.2. The highest BCUT2D eigenvalue weighted by Crippen LogP contribution is 2.63. The van der Waals surface area contributed by atoms with E-state index in [0.717, 1.165) is 106 Å². The normalized spacial score (nSPS) is 29.4. The number of rotatable bonds is 3. The summed E-state index contributed by atoms with van der Waals surface area (Å²) in [7, 11) is 7.14. The summed E-state index contributed by atoms with van der Waals surface area (Å²) in [4.78, 5) is 49.7. The standard InChI is InChI=1S/C22H26N4O2S.C19H23BrN2O2.C4H5NS.2CH4/c1-13-24-12-18(29-13)14-4-5-15-11-21(8-6-16(28-3)7-9-21)22(17(15)10-14)19(27)26(2)20(23)25-22;1-12-21-19(17(23)22(12)2)16-10-14(20)5-4-13(16)11-18(19)8-6-15(24-3)7-9-18;1-4-5-2-3-6-4;;/h4-5,10,12,16H,6-9,11H2,1-3H3,(H2,23,25);4-5,10,15H,6-9,11H2,1-3H3;2-3H,1H3;2*1H4. The van der Waals surface area contributed by atoms with E-state index in [0.29, 0.717) is 12.1 Å². The number of aryl methyl sites for hydroxylation is 2. The van der Waals surface area contributed by atoms with Gasteiger partial charge in [-0.1, -0.05) is 49.0 Å². The number of benzene rings is 2. The van der Waals surface area contributed by atoms with Gasteiger partial charge in [-0.05, 0) is 131 Å². The molecule has 6 aliphatic rings. The van der Waals surface area contributed by atoms with E-state index in [1.165, 1.54) is 16.0 Å². The largest absolute Gasteiger partial charge is 0.381 e. The number of amidine groups is 1. The van der Waals surface area contributed by atoms with E-state index in [2.05, 4.69) is 62.3 Å². The van der Waals surface area contributed by atoms with Crippen LogP contribution in [0.25, 0.3) is 10.4 Å². The van der Waals surface area contributed by atoms with E-state index in [4.69, 9.17) is 25.2 Å². The molecule has 0 saturated heterocycles. The Bertz CT molecular complexity index is 2310. The van der Waals surface area contributed by atoms with Crippen LogP contribution in [-0.2, 0) is 43.0 Å². The Hall–Kier alpha value is -3.82. The molecule has 10 rings (SSSR count). The zero-order valence-corrected chi connectivity index (χ0v) is 38.2. The van der Waals surface area contributed by atoms with Gasteiger partial charge in [0.2, 0.25) is 0 Å². The minimum Gasteiger partial charge on any atom is -0.381 e. The minimum atomic E-state index is -0.921. The fourth-order valence-electron chi connectivity index (χ4n) is 10.9. The molecule has 11 nitrogen and oxygen atoms in total. The number of carbonyl (C=O) groups excluding carboxylic acids is 2. The van der Waals surface area contributed by atoms with Crippen molar-refractivity contribution in [3.05, 3.63) is 90.9 Å². The van der Waals surface area contributed by atoms with Crippen molar-refractivity contribution in [1.29, 1.82) is 0 Å². The molecule has 14 heteroatoms. The number of aromatic nitrogens is 2. The Balaban J connectivity index is 0.000000176. The van der Waals surface area contributed by atoms with Gasteiger partial charge in [0.25, 0.3) is 11.8 Å². The number of thiazole rings is 2. The van der Waals surface area contributed by atoms with Crippen LogP contribution in [0.15, 0.2) is 68.6 Å². The first-order chi connectivity index (χ1) is 28.2. The molecule has 0 radical (unpaired) electrons. The molecular formula is C47H62BrN7O4S2. The molecule has 2 aliphatic heterocycles. The molecule has 328 valence electrons. The van der Waals surface area contributed by atoms with Crippen LogP contribution < -0.4 is 5.73 Å². The monoisotopic (exact) mass is 931 g/mol. The highest BCUT2D eigenvalue weighted by molar-refractivity contribution is 9.10. The predicted octanol–water partition coefficient (Wildman–Crippen LogP) is 9.62. The summed E-state index contributed by atoms with van der Waals surface area (Å²) in [5, 5.41) is 4.13. The number of amides is 2. The maximum atomic E-state index is 13.7. The van der Waals surface area contributed by atoms with Gasteiger partial charge in [0.05, 0.1) is 27.1 Å². The second kappa shape index (κ2) is 17.7. The first-order valence-electron chi connectivity index (χ1n) is 20.5. The minimum absolute atomic E-state index is 0. The number of halogens is 1. The number of hydrogen-bond acceptors (Lipinski definition) is 11. The molecule has 2 atom stereocenters. The lowest BCUT2D eigenvalue weighted by molar-refractivity contribution is -0.138. The van der Waals surface area contributed by atoms with E-state index >= 15 is 0 Å². The van der Waals surface area contributed by atoms with Crippen molar-refractivity contribution in [2.24, 2.45) is 26.5 Å². The van der Waals surface area contributed by atoms with Gasteiger partial charge in [-0.2, -0.15) is 0 Å². The number of carbonyl (C=O) groups is 2. The molecule has 2 unspecified atom stereocenters. The molecule has 4 spiro atoms. The van der Waals surface area contributed by atoms with E-state index in [1.807, 2.05) is 39.4 Å². The van der Waals surface area contributed by atoms with Crippen molar-refractivity contribution in [3.8, 4) is 10.4 Å². The van der Waals surface area contributed by atoms with Gasteiger partial charge in [0.1, 0.15) is 5.84 Å². The first kappa shape index (κ1) is 46.7. The van der Waals surface area contributed by atoms with E-state index in [-0.39, 0.29) is 43.6 Å². The van der Waals surface area contributed by atoms with Crippen LogP contribution in [0.4, 0.5) is 0 Å². The molecule has 2 aromatic heterocycles. The topological polar surface area (TPSA) is 136 Å². The van der Waals surface area contributed by atoms with Crippen molar-refractivity contribution in [3.63, 3.8) is 0 Å². The molecule has 2 saturated carbocycles. The van der Waals surface area contributed by atoms with Gasteiger partial charge in [-0.3, -0.25) is 24.5 Å². The maximum absolute atomic E-state index is 13.7. The van der Waals surface area contributed by atoms with Crippen molar-refractivity contribution in [2.45, 2.75) is 123 Å². The van der Waals surface area contributed by atoms with E-state index < -0.39 is 11.1 Å². The molecule has 2 N–H and O–H groups in total. The number of hydrogen-bond donors (Lipinski definition) is 1. The van der Waals surface area contributed by atoms with Gasteiger partial charge in [-0.25, -0.2) is 9.98 Å². The van der Waals surface area contributed by atoms with Crippen molar-refractivity contribution >= 4 is 62.2 Å². The van der Waals surface area contributed by atoms with Crippen LogP contribution in [0.3, 0.4) is 0 Å². The Morgan fingerprint density at radius 2 is 1.30 bits per heavy atom. The van der Waals surface area contributed by atoms with E-state index in [9.17, 15) is 9.59 Å². The Kier molecular flexibility index (Phi) is 13.6. The lowest BCUT2D eigenvalue weighted by atomic mass is 9.61. The summed E-state index contributed by atoms with van der Waals surface area (Å²) >= 11 is 6.92. The average molecular weight is 933 g/mol. The van der Waals surface area contributed by atoms with E-state index in [1.54, 1.807) is 55.0 Å². The molecule has 2 fully saturated rings. The highest BCUT2D eigenvalue weighted by Gasteiger charge is 2.67. The maximum Gasteiger partial charge on any atom is 0.262 e. The number of nitrogens with zero attached hydrogens (tertiary/aromatic N) is 6. The fourth-order valence-corrected chi connectivity index (χ4v) is 12.5. The van der Waals surface area contributed by atoms with Crippen molar-refractivity contribution in [1.82, 2.24) is 19.8 Å². The molecule has 4 aromatic rings. The Morgan fingerprint density at radius 1 is 0.754 bits per heavy atom. The summed E-state index contributed by atoms with van der Waals surface area (Å²) in [6, 6.07) is 12.8. The molecule has 4 aliphatic carbocycles. The number of guanidine groups is 1. The molecule has 4 heterocycles. The zero-order valence-electron chi connectivity index (χ0n) is 35.0. The van der Waals surface area contributed by atoms with Gasteiger partial charge < -0.3 is 20.1 Å². The number of fused-ring (bicyclic) bond motifs is 6. The van der Waals surface area contributed by atoms with Crippen LogP contribution in [0.2, 0.25) is 0 Å². The van der Waals surface area contributed by atoms with Crippen molar-refractivity contribution < 1.29 is 19.1 Å². The summed E-state index contributed by atoms with van der Waals surface area (Å²) in [5.41, 5.74) is 9.88. The van der Waals surface area contributed by atoms with Crippen molar-refractivity contribution in [2.75, 3.05) is 28.3 Å². The predicted molar refractivity (Wildman–Crippen MR) is 251 cm³/mol. The third-order valence-corrected chi connectivity index (χ3v) is 16.3. The van der Waals surface area contributed by atoms with Crippen LogP contribution >= 0.6 is 38.6 Å². The van der Waals surface area contributed by atoms with Crippen LogP contribution in [0, 0.1) is 24.7 Å². The smallest absolute Gasteiger partial charge is 0.262 e. The van der Waals surface area contributed by atoms with Gasteiger partial charge in [0.15, 0.2) is 17.0 Å². The lowest BCUT2D eigenvalue weighted by Crippen LogP contribution is -2.51. The number of aliphatic imine (C=N–C) groups is 2. The zero-order chi connectivity index (χ0) is 41.9. The number of nitrogens with two attached hydrogens (primary N) is 1. The summed E-state index contributed by atoms with van der Waals surface area (Å²) in [6.07, 6.45) is 13.7. The first-order valence-corrected chi connectivity index (χ1v) is 23.0. The molecule has 0 bridgehead atoms. The second-order valence-electron chi connectivity index (χ2n) is 17.0. The number of methoxy groups -OCH3 is 2. The van der Waals surface area contributed by atoms with Gasteiger partial charge >= 0.3 is 0 Å². The molecule has 61 heavy (non-hydrogen) atoms. The third kappa shape index (κ3) is 7.51. The van der Waals surface area contributed by atoms with Crippen LogP contribution in [0.1, 0.15) is 105 Å². The van der Waals surface area contributed by atoms with Gasteiger partial charge in [-0.15, -0.1) is 22.7 Å². The molecular weight excluding hydrogens is 871 g/mol. The average Bonchev–Trinajstić information content (AvgIpc) is 4.08. The van der Waals surface area contributed by atoms with Crippen LogP contribution in [0.5, 0.6) is 0 Å². The second-order valence-corrected chi connectivity index (χ2v) is 20.3. The Morgan fingerprint density at radius 3 is 1.72 bits per heavy atom. The summed E-state index contributed by atoms with van der Waals surface area (Å²) in [5.74, 6) is 1.27. The Labute approximate surface area is 378 Å². The fraction of sp³-hybridized carbons (Fsp3) is 0.532. The quantitative estimate of drug-likeness (QED) is 0.216. The molecule has 2 aromatic carbocycles. The number of ether oxygens (including phenoxy) is 2. The lowest BCUT2D eigenvalue weighted by Gasteiger charge is -2.45. The van der Waals surface area contributed by atoms with Gasteiger partial charge in [0, 0.05) is 61.4 Å². The SMILES string of the molecule is C.C.COC1CCC2(CC1)Cc1ccc(-c3cnc(C)s3)cc1C21N=C(N)N(C)C1=O.COC1CCC2(CC1)Cc1ccc(Br)cc1C21N=C(C)N(C)C1=O.Cc1nccs1. The third-order valence-electron chi connectivity index (χ3n) is 14.1. The summed E-state index contributed by atoms with van der Waals surface area (Å²) in [6.45, 7) is 5.94. The number of likely N-dealkylation sites (N-methyl/N-ethyl adjacent to an activating group) is 2. The molecule has 2 amide bonds. The highest BCUT2D eigenvalue weighted by atomic mass is 79.9. The van der Waals surface area contributed by atoms with Crippen LogP contribution in [-0.4, -0.2) is 83.9 Å².